The minimum absolute atomic E-state index is 0.101. The van der Waals surface area contributed by atoms with Crippen molar-refractivity contribution in [2.75, 3.05) is 38.7 Å². The first-order valence-corrected chi connectivity index (χ1v) is 11.5. The van der Waals surface area contributed by atoms with Crippen LogP contribution in [0.15, 0.2) is 24.4 Å². The lowest BCUT2D eigenvalue weighted by Crippen LogP contribution is -2.49. The van der Waals surface area contributed by atoms with Crippen LogP contribution in [-0.4, -0.2) is 60.5 Å². The van der Waals surface area contributed by atoms with Crippen molar-refractivity contribution in [3.05, 3.63) is 46.6 Å². The van der Waals surface area contributed by atoms with E-state index >= 15 is 0 Å². The molecule has 1 fully saturated rings. The van der Waals surface area contributed by atoms with Gasteiger partial charge < -0.3 is 14.4 Å². The number of ether oxygens (including phenoxy) is 2. The Morgan fingerprint density at radius 1 is 1.27 bits per heavy atom. The smallest absolute Gasteiger partial charge is 0.338 e. The van der Waals surface area contributed by atoms with Gasteiger partial charge in [0.05, 0.1) is 18.1 Å². The number of anilines is 1. The molecule has 0 unspecified atom stereocenters. The molecule has 33 heavy (non-hydrogen) atoms. The standard InChI is InChI=1S/C25H32N4O4/c1-5-25(23(31)28(3)21-8-12-26-24(27-21)32-4)10-14-29(15-11-25)13-9-18-6-7-19-20(17(18)2)16-33-22(19)30/h6-8,12H,5,9-11,13-16H2,1-4H3. The van der Waals surface area contributed by atoms with Crippen LogP contribution < -0.4 is 9.64 Å². The van der Waals surface area contributed by atoms with Gasteiger partial charge in [-0.3, -0.25) is 9.69 Å². The SMILES string of the molecule is CCC1(C(=O)N(C)c2ccnc(OC)n2)CCN(CCc2ccc3c(c2C)COC3=O)CC1. The third-order valence-electron chi connectivity index (χ3n) is 7.37. The number of methoxy groups -OCH3 is 1. The number of carbonyl (C=O) groups excluding carboxylic acids is 2. The molecule has 0 atom stereocenters. The largest absolute Gasteiger partial charge is 0.467 e. The first-order chi connectivity index (χ1) is 15.9. The number of nitrogens with zero attached hydrogens (tertiary/aromatic N) is 4. The van der Waals surface area contributed by atoms with Gasteiger partial charge in [-0.2, -0.15) is 4.98 Å². The van der Waals surface area contributed by atoms with E-state index in [9.17, 15) is 9.59 Å². The van der Waals surface area contributed by atoms with Gasteiger partial charge in [-0.1, -0.05) is 13.0 Å². The van der Waals surface area contributed by atoms with Crippen molar-refractivity contribution in [1.29, 1.82) is 0 Å². The number of benzene rings is 1. The summed E-state index contributed by atoms with van der Waals surface area (Å²) in [4.78, 5) is 37.7. The van der Waals surface area contributed by atoms with Crippen LogP contribution in [0, 0.1) is 12.3 Å². The number of hydrogen-bond acceptors (Lipinski definition) is 7. The summed E-state index contributed by atoms with van der Waals surface area (Å²) in [5.74, 6) is 0.433. The Morgan fingerprint density at radius 2 is 2.03 bits per heavy atom. The lowest BCUT2D eigenvalue weighted by atomic mass is 9.75. The van der Waals surface area contributed by atoms with Gasteiger partial charge in [0.1, 0.15) is 12.4 Å². The zero-order valence-electron chi connectivity index (χ0n) is 19.9. The quantitative estimate of drug-likeness (QED) is 0.597. The van der Waals surface area contributed by atoms with Crippen LogP contribution in [0.3, 0.4) is 0 Å². The highest BCUT2D eigenvalue weighted by molar-refractivity contribution is 5.96. The molecule has 1 aromatic heterocycles. The molecule has 0 aliphatic carbocycles. The highest BCUT2D eigenvalue weighted by Crippen LogP contribution is 2.38. The second-order valence-corrected chi connectivity index (χ2v) is 8.94. The molecule has 4 rings (SSSR count). The van der Waals surface area contributed by atoms with E-state index in [1.54, 1.807) is 24.2 Å². The zero-order chi connectivity index (χ0) is 23.6. The first-order valence-electron chi connectivity index (χ1n) is 11.5. The predicted molar refractivity (Wildman–Crippen MR) is 124 cm³/mol. The van der Waals surface area contributed by atoms with Gasteiger partial charge in [-0.05, 0) is 69.0 Å². The van der Waals surface area contributed by atoms with Crippen molar-refractivity contribution in [2.24, 2.45) is 5.41 Å². The molecule has 8 heteroatoms. The number of cyclic esters (lactones) is 1. The van der Waals surface area contributed by atoms with Gasteiger partial charge in [-0.25, -0.2) is 9.78 Å². The number of carbonyl (C=O) groups is 2. The van der Waals surface area contributed by atoms with Gasteiger partial charge in [-0.15, -0.1) is 0 Å². The average molecular weight is 453 g/mol. The van der Waals surface area contributed by atoms with Crippen LogP contribution >= 0.6 is 0 Å². The van der Waals surface area contributed by atoms with Gasteiger partial charge in [0, 0.05) is 25.4 Å². The molecule has 0 saturated carbocycles. The number of aromatic nitrogens is 2. The zero-order valence-corrected chi connectivity index (χ0v) is 19.9. The molecular weight excluding hydrogens is 420 g/mol. The molecule has 0 bridgehead atoms. The van der Waals surface area contributed by atoms with Crippen molar-refractivity contribution in [1.82, 2.24) is 14.9 Å². The fourth-order valence-electron chi connectivity index (χ4n) is 4.95. The van der Waals surface area contributed by atoms with Crippen LogP contribution in [0.4, 0.5) is 5.82 Å². The molecule has 1 aromatic carbocycles. The summed E-state index contributed by atoms with van der Waals surface area (Å²) in [7, 11) is 3.29. The second-order valence-electron chi connectivity index (χ2n) is 8.94. The monoisotopic (exact) mass is 452 g/mol. The highest BCUT2D eigenvalue weighted by Gasteiger charge is 2.42. The topological polar surface area (TPSA) is 84.9 Å². The van der Waals surface area contributed by atoms with E-state index in [0.29, 0.717) is 18.0 Å². The molecule has 0 N–H and O–H groups in total. The van der Waals surface area contributed by atoms with Crippen molar-refractivity contribution >= 4 is 17.7 Å². The highest BCUT2D eigenvalue weighted by atomic mass is 16.5. The maximum atomic E-state index is 13.5. The fraction of sp³-hybridized carbons (Fsp3) is 0.520. The van der Waals surface area contributed by atoms with E-state index in [-0.39, 0.29) is 23.3 Å². The Bertz CT molecular complexity index is 1050. The van der Waals surface area contributed by atoms with Crippen LogP contribution in [0.25, 0.3) is 0 Å². The molecule has 1 saturated heterocycles. The summed E-state index contributed by atoms with van der Waals surface area (Å²) in [6, 6.07) is 5.93. The molecule has 8 nitrogen and oxygen atoms in total. The molecule has 1 amide bonds. The van der Waals surface area contributed by atoms with Crippen molar-refractivity contribution in [2.45, 2.75) is 46.1 Å². The molecule has 0 radical (unpaired) electrons. The number of amides is 1. The maximum Gasteiger partial charge on any atom is 0.338 e. The van der Waals surface area contributed by atoms with Gasteiger partial charge >= 0.3 is 12.0 Å². The Morgan fingerprint density at radius 3 is 2.73 bits per heavy atom. The van der Waals surface area contributed by atoms with E-state index in [1.165, 1.54) is 12.7 Å². The van der Waals surface area contributed by atoms with Crippen LogP contribution in [0.2, 0.25) is 0 Å². The summed E-state index contributed by atoms with van der Waals surface area (Å²) in [5.41, 5.74) is 3.76. The molecular formula is C25H32N4O4. The fourth-order valence-corrected chi connectivity index (χ4v) is 4.95. The Balaban J connectivity index is 1.37. The van der Waals surface area contributed by atoms with E-state index in [2.05, 4.69) is 34.8 Å². The summed E-state index contributed by atoms with van der Waals surface area (Å²) in [6.07, 6.45) is 4.96. The van der Waals surface area contributed by atoms with Gasteiger partial charge in [0.15, 0.2) is 0 Å². The number of hydrogen-bond donors (Lipinski definition) is 0. The summed E-state index contributed by atoms with van der Waals surface area (Å²) >= 11 is 0. The predicted octanol–water partition coefficient (Wildman–Crippen LogP) is 3.16. The molecule has 2 aliphatic heterocycles. The van der Waals surface area contributed by atoms with Crippen molar-refractivity contribution in [3.63, 3.8) is 0 Å². The normalized spacial score (nSPS) is 17.4. The molecule has 2 aromatic rings. The first kappa shape index (κ1) is 23.2. The number of fused-ring (bicyclic) bond motifs is 1. The van der Waals surface area contributed by atoms with Crippen molar-refractivity contribution < 1.29 is 19.1 Å². The molecule has 2 aliphatic rings. The molecule has 3 heterocycles. The Labute approximate surface area is 194 Å². The second kappa shape index (κ2) is 9.47. The van der Waals surface area contributed by atoms with Crippen LogP contribution in [0.5, 0.6) is 6.01 Å². The van der Waals surface area contributed by atoms with E-state index in [0.717, 1.165) is 56.4 Å². The summed E-state index contributed by atoms with van der Waals surface area (Å²) in [5, 5.41) is 0. The summed E-state index contributed by atoms with van der Waals surface area (Å²) < 4.78 is 10.3. The van der Waals surface area contributed by atoms with Crippen LogP contribution in [-0.2, 0) is 22.6 Å². The molecule has 176 valence electrons. The van der Waals surface area contributed by atoms with Gasteiger partial charge in [0.25, 0.3) is 0 Å². The Kier molecular flexibility index (Phi) is 6.65. The number of esters is 1. The number of likely N-dealkylation sites (tertiary alicyclic amines) is 1. The minimum Gasteiger partial charge on any atom is -0.467 e. The number of rotatable bonds is 7. The third-order valence-corrected chi connectivity index (χ3v) is 7.37. The van der Waals surface area contributed by atoms with Crippen molar-refractivity contribution in [3.8, 4) is 6.01 Å². The minimum atomic E-state index is -0.384. The average Bonchev–Trinajstić information content (AvgIpc) is 3.24. The van der Waals surface area contributed by atoms with E-state index < -0.39 is 0 Å². The van der Waals surface area contributed by atoms with E-state index in [4.69, 9.17) is 9.47 Å². The number of piperidine rings is 1. The van der Waals surface area contributed by atoms with E-state index in [1.807, 2.05) is 6.07 Å². The molecule has 0 spiro atoms. The van der Waals surface area contributed by atoms with Crippen LogP contribution in [0.1, 0.15) is 53.2 Å². The lowest BCUT2D eigenvalue weighted by Gasteiger charge is -2.42. The maximum absolute atomic E-state index is 13.5. The lowest BCUT2D eigenvalue weighted by molar-refractivity contribution is -0.131. The Hall–Kier alpha value is -3.00. The summed E-state index contributed by atoms with van der Waals surface area (Å²) in [6.45, 7) is 7.24. The van der Waals surface area contributed by atoms with Gasteiger partial charge in [0.2, 0.25) is 5.91 Å². The third kappa shape index (κ3) is 4.44.